The van der Waals surface area contributed by atoms with Crippen molar-refractivity contribution >= 4 is 10.8 Å². The topological polar surface area (TPSA) is 20.2 Å². The van der Waals surface area contributed by atoms with Crippen molar-refractivity contribution < 1.29 is 5.11 Å². The molecule has 0 radical (unpaired) electrons. The first kappa shape index (κ1) is 9.07. The van der Waals surface area contributed by atoms with Gasteiger partial charge in [0.05, 0.1) is 0 Å². The van der Waals surface area contributed by atoms with Gasteiger partial charge in [0.25, 0.3) is 0 Å². The molecule has 0 saturated carbocycles. The van der Waals surface area contributed by atoms with Crippen LogP contribution in [0.4, 0.5) is 0 Å². The van der Waals surface area contributed by atoms with Crippen LogP contribution in [0.5, 0.6) is 5.75 Å². The van der Waals surface area contributed by atoms with Crippen molar-refractivity contribution in [2.75, 3.05) is 0 Å². The zero-order chi connectivity index (χ0) is 10.1. The molecule has 0 aliphatic rings. The highest BCUT2D eigenvalue weighted by atomic mass is 16.3. The highest BCUT2D eigenvalue weighted by Crippen LogP contribution is 2.30. The average Bonchev–Trinajstić information content (AvgIpc) is 2.20. The monoisotopic (exact) mass is 186 g/mol. The minimum absolute atomic E-state index is 0.450. The zero-order valence-electron chi connectivity index (χ0n) is 8.54. The van der Waals surface area contributed by atoms with Gasteiger partial charge in [0.15, 0.2) is 0 Å². The molecule has 2 aromatic rings. The summed E-state index contributed by atoms with van der Waals surface area (Å²) in [6.07, 6.45) is 0.869. The van der Waals surface area contributed by atoms with Crippen LogP contribution >= 0.6 is 0 Å². The number of aromatic hydroxyl groups is 1. The normalized spacial score (nSPS) is 10.7. The smallest absolute Gasteiger partial charge is 0.122 e. The Bertz CT molecular complexity index is 472. The van der Waals surface area contributed by atoms with Gasteiger partial charge in [-0.3, -0.25) is 0 Å². The van der Waals surface area contributed by atoms with E-state index in [1.54, 1.807) is 0 Å². The number of fused-ring (bicyclic) bond motifs is 1. The van der Waals surface area contributed by atoms with E-state index in [-0.39, 0.29) is 0 Å². The molecular formula is C13H14O. The first-order chi connectivity index (χ1) is 6.74. The van der Waals surface area contributed by atoms with Crippen molar-refractivity contribution in [2.24, 2.45) is 0 Å². The Morgan fingerprint density at radius 2 is 1.93 bits per heavy atom. The molecule has 72 valence electrons. The van der Waals surface area contributed by atoms with E-state index >= 15 is 0 Å². The maximum Gasteiger partial charge on any atom is 0.122 e. The molecule has 2 rings (SSSR count). The van der Waals surface area contributed by atoms with Crippen LogP contribution in [-0.4, -0.2) is 5.11 Å². The highest BCUT2D eigenvalue weighted by molar-refractivity contribution is 5.88. The van der Waals surface area contributed by atoms with Gasteiger partial charge in [-0.05, 0) is 35.7 Å². The second-order valence-corrected chi connectivity index (χ2v) is 3.60. The third kappa shape index (κ3) is 1.25. The first-order valence-electron chi connectivity index (χ1n) is 4.94. The summed E-state index contributed by atoms with van der Waals surface area (Å²) in [7, 11) is 0. The summed E-state index contributed by atoms with van der Waals surface area (Å²) in [5.41, 5.74) is 2.01. The molecule has 0 bridgehead atoms. The Labute approximate surface area is 84.0 Å². The summed E-state index contributed by atoms with van der Waals surface area (Å²) in [6.45, 7) is 4.02. The predicted molar refractivity (Wildman–Crippen MR) is 59.7 cm³/mol. The van der Waals surface area contributed by atoms with Crippen molar-refractivity contribution in [1.82, 2.24) is 0 Å². The van der Waals surface area contributed by atoms with E-state index in [1.807, 2.05) is 25.1 Å². The molecule has 0 unspecified atom stereocenters. The molecule has 0 aliphatic heterocycles. The van der Waals surface area contributed by atoms with E-state index < -0.39 is 0 Å². The average molecular weight is 186 g/mol. The summed E-state index contributed by atoms with van der Waals surface area (Å²) < 4.78 is 0. The largest absolute Gasteiger partial charge is 0.507 e. The van der Waals surface area contributed by atoms with Gasteiger partial charge in [-0.25, -0.2) is 0 Å². The lowest BCUT2D eigenvalue weighted by molar-refractivity contribution is 0.466. The van der Waals surface area contributed by atoms with E-state index in [2.05, 4.69) is 19.1 Å². The molecule has 1 nitrogen and oxygen atoms in total. The fourth-order valence-electron chi connectivity index (χ4n) is 1.92. The Balaban J connectivity index is 2.89. The van der Waals surface area contributed by atoms with Gasteiger partial charge in [-0.2, -0.15) is 0 Å². The summed E-state index contributed by atoms with van der Waals surface area (Å²) in [6, 6.07) is 10.2. The van der Waals surface area contributed by atoms with E-state index in [0.29, 0.717) is 5.75 Å². The minimum atomic E-state index is 0.450. The number of phenols is 1. The van der Waals surface area contributed by atoms with E-state index in [0.717, 1.165) is 22.9 Å². The molecule has 0 fully saturated rings. The molecule has 1 N–H and O–H groups in total. The van der Waals surface area contributed by atoms with Gasteiger partial charge < -0.3 is 5.11 Å². The maximum absolute atomic E-state index is 9.90. The first-order valence-corrected chi connectivity index (χ1v) is 4.94. The summed E-state index contributed by atoms with van der Waals surface area (Å²) in [5, 5.41) is 12.3. The number of phenolic OH excluding ortho intramolecular Hbond substituents is 1. The Morgan fingerprint density at radius 1 is 1.21 bits per heavy atom. The molecular weight excluding hydrogens is 172 g/mol. The van der Waals surface area contributed by atoms with Crippen LogP contribution in [-0.2, 0) is 6.42 Å². The van der Waals surface area contributed by atoms with Crippen LogP contribution in [0.1, 0.15) is 18.1 Å². The summed E-state index contributed by atoms with van der Waals surface area (Å²) >= 11 is 0. The van der Waals surface area contributed by atoms with E-state index in [4.69, 9.17) is 0 Å². The standard InChI is InChI=1S/C13H14O/c1-3-11-12-7-5-4-6-10(12)8-9(2)13(11)14/h4-8,14H,3H2,1-2H3. The van der Waals surface area contributed by atoms with Crippen molar-refractivity contribution in [1.29, 1.82) is 0 Å². The second kappa shape index (κ2) is 3.33. The van der Waals surface area contributed by atoms with Gasteiger partial charge in [0, 0.05) is 5.56 Å². The quantitative estimate of drug-likeness (QED) is 0.723. The molecule has 0 saturated heterocycles. The molecule has 0 spiro atoms. The fourth-order valence-corrected chi connectivity index (χ4v) is 1.92. The summed E-state index contributed by atoms with van der Waals surface area (Å²) in [5.74, 6) is 0.450. The van der Waals surface area contributed by atoms with Crippen LogP contribution in [0.3, 0.4) is 0 Å². The number of hydrogen-bond donors (Lipinski definition) is 1. The number of hydrogen-bond acceptors (Lipinski definition) is 1. The molecule has 14 heavy (non-hydrogen) atoms. The van der Waals surface area contributed by atoms with Gasteiger partial charge in [-0.15, -0.1) is 0 Å². The van der Waals surface area contributed by atoms with Crippen molar-refractivity contribution in [3.05, 3.63) is 41.5 Å². The second-order valence-electron chi connectivity index (χ2n) is 3.60. The molecule has 0 heterocycles. The SMILES string of the molecule is CCc1c(O)c(C)cc2ccccc12. The van der Waals surface area contributed by atoms with Crippen molar-refractivity contribution in [3.63, 3.8) is 0 Å². The van der Waals surface area contributed by atoms with Gasteiger partial charge in [0.2, 0.25) is 0 Å². The van der Waals surface area contributed by atoms with Crippen molar-refractivity contribution in [2.45, 2.75) is 20.3 Å². The Morgan fingerprint density at radius 3 is 2.64 bits per heavy atom. The van der Waals surface area contributed by atoms with Gasteiger partial charge >= 0.3 is 0 Å². The van der Waals surface area contributed by atoms with Gasteiger partial charge in [0.1, 0.15) is 5.75 Å². The Hall–Kier alpha value is -1.50. The fraction of sp³-hybridized carbons (Fsp3) is 0.231. The molecule has 0 atom stereocenters. The van der Waals surface area contributed by atoms with Gasteiger partial charge in [-0.1, -0.05) is 31.2 Å². The number of aryl methyl sites for hydroxylation is 2. The van der Waals surface area contributed by atoms with Crippen molar-refractivity contribution in [3.8, 4) is 5.75 Å². The molecule has 1 heteroatoms. The lowest BCUT2D eigenvalue weighted by atomic mass is 9.98. The van der Waals surface area contributed by atoms with Crippen LogP contribution < -0.4 is 0 Å². The van der Waals surface area contributed by atoms with Crippen LogP contribution in [0.15, 0.2) is 30.3 Å². The lowest BCUT2D eigenvalue weighted by Crippen LogP contribution is -1.88. The zero-order valence-corrected chi connectivity index (χ0v) is 8.54. The minimum Gasteiger partial charge on any atom is -0.507 e. The van der Waals surface area contributed by atoms with Crippen LogP contribution in [0.2, 0.25) is 0 Å². The van der Waals surface area contributed by atoms with E-state index in [9.17, 15) is 5.11 Å². The Kier molecular flexibility index (Phi) is 2.16. The lowest BCUT2D eigenvalue weighted by Gasteiger charge is -2.09. The van der Waals surface area contributed by atoms with Crippen LogP contribution in [0, 0.1) is 6.92 Å². The molecule has 0 aliphatic carbocycles. The van der Waals surface area contributed by atoms with E-state index in [1.165, 1.54) is 5.39 Å². The predicted octanol–water partition coefficient (Wildman–Crippen LogP) is 3.42. The number of benzene rings is 2. The maximum atomic E-state index is 9.90. The highest BCUT2D eigenvalue weighted by Gasteiger charge is 2.07. The molecule has 2 aromatic carbocycles. The third-order valence-electron chi connectivity index (χ3n) is 2.67. The molecule has 0 aromatic heterocycles. The number of rotatable bonds is 1. The summed E-state index contributed by atoms with van der Waals surface area (Å²) in [4.78, 5) is 0. The third-order valence-corrected chi connectivity index (χ3v) is 2.67. The van der Waals surface area contributed by atoms with Crippen LogP contribution in [0.25, 0.3) is 10.8 Å². The molecule has 0 amide bonds.